The van der Waals surface area contributed by atoms with Gasteiger partial charge in [0.25, 0.3) is 5.92 Å². The van der Waals surface area contributed by atoms with Crippen molar-refractivity contribution in [3.8, 4) is 11.1 Å². The number of alkyl halides is 5. The minimum absolute atomic E-state index is 0.110. The molecule has 1 aliphatic rings. The lowest BCUT2D eigenvalue weighted by atomic mass is 9.93. The number of aryl methyl sites for hydroxylation is 1. The molecule has 0 saturated carbocycles. The van der Waals surface area contributed by atoms with Crippen molar-refractivity contribution in [1.82, 2.24) is 29.9 Å². The summed E-state index contributed by atoms with van der Waals surface area (Å²) in [6, 6.07) is 10.2. The number of nitrogen functional groups attached to an aromatic ring is 1. The summed E-state index contributed by atoms with van der Waals surface area (Å²) >= 11 is 0. The Morgan fingerprint density at radius 2 is 1.83 bits per heavy atom. The summed E-state index contributed by atoms with van der Waals surface area (Å²) in [4.78, 5) is 18.2. The summed E-state index contributed by atoms with van der Waals surface area (Å²) in [7, 11) is 1.68. The Labute approximate surface area is 262 Å². The lowest BCUT2D eigenvalue weighted by Crippen LogP contribution is -2.35. The molecule has 0 spiro atoms. The highest BCUT2D eigenvalue weighted by Crippen LogP contribution is 2.46. The number of hydrogen-bond donors (Lipinski definition) is 2. The van der Waals surface area contributed by atoms with Crippen LogP contribution < -0.4 is 11.1 Å². The van der Waals surface area contributed by atoms with Crippen molar-refractivity contribution in [2.24, 2.45) is 7.05 Å². The van der Waals surface area contributed by atoms with Gasteiger partial charge in [-0.25, -0.2) is 8.78 Å². The van der Waals surface area contributed by atoms with Crippen molar-refractivity contribution in [3.05, 3.63) is 101 Å². The SMILES string of the molecule is C=Cc1ccc(-c2cccc3c(N)nn(C)c23)c([C@H](Cc2cc(F)cc(F)c2)NC(=O)Cn2nc(C(F)(F)F)c3c2C(F)(F)CC3)n1. The molecule has 1 aliphatic carbocycles. The molecule has 0 aliphatic heterocycles. The van der Waals surface area contributed by atoms with Crippen LogP contribution in [0.15, 0.2) is 55.1 Å². The fraction of sp³-hybridized carbons (Fsp3) is 0.250. The normalized spacial score (nSPS) is 14.7. The number of carbonyl (C=O) groups excluding carboxylic acids is 1. The Hall–Kier alpha value is -5.21. The number of nitrogens with two attached hydrogens (primary N) is 1. The van der Waals surface area contributed by atoms with Crippen LogP contribution in [0.5, 0.6) is 0 Å². The molecule has 0 unspecified atom stereocenters. The fourth-order valence-electron chi connectivity index (χ4n) is 6.12. The van der Waals surface area contributed by atoms with Crippen LogP contribution in [0.1, 0.15) is 46.4 Å². The summed E-state index contributed by atoms with van der Waals surface area (Å²) in [5.74, 6) is -6.15. The number of amides is 1. The predicted octanol–water partition coefficient (Wildman–Crippen LogP) is 6.49. The summed E-state index contributed by atoms with van der Waals surface area (Å²) in [5.41, 5.74) is 5.30. The van der Waals surface area contributed by atoms with Crippen molar-refractivity contribution < 1.29 is 35.5 Å². The zero-order valence-electron chi connectivity index (χ0n) is 24.7. The summed E-state index contributed by atoms with van der Waals surface area (Å²) < 4.78 is 101. The Bertz CT molecular complexity index is 2030. The largest absolute Gasteiger partial charge is 0.435 e. The van der Waals surface area contributed by atoms with Crippen LogP contribution in [0.4, 0.5) is 36.6 Å². The number of aromatic nitrogens is 5. The number of nitrogens with one attached hydrogen (secondary N) is 1. The molecule has 15 heteroatoms. The highest BCUT2D eigenvalue weighted by Gasteiger charge is 2.50. The number of hydrogen-bond acceptors (Lipinski definition) is 5. The average Bonchev–Trinajstić information content (AvgIpc) is 3.62. The van der Waals surface area contributed by atoms with Crippen LogP contribution in [0, 0.1) is 11.6 Å². The smallest absolute Gasteiger partial charge is 0.382 e. The molecular formula is C32H26F7N7O. The van der Waals surface area contributed by atoms with Gasteiger partial charge in [-0.05, 0) is 48.7 Å². The molecule has 0 radical (unpaired) electrons. The summed E-state index contributed by atoms with van der Waals surface area (Å²) in [6.45, 7) is 2.75. The van der Waals surface area contributed by atoms with Gasteiger partial charge >= 0.3 is 6.18 Å². The maximum Gasteiger partial charge on any atom is 0.435 e. The molecule has 1 amide bonds. The highest BCUT2D eigenvalue weighted by molar-refractivity contribution is 6.00. The number of rotatable bonds is 8. The third kappa shape index (κ3) is 5.92. The lowest BCUT2D eigenvalue weighted by Gasteiger charge is -2.23. The standard InChI is InChI=1S/C32H26F7N7O/c1-3-19-7-8-20(21-5-4-6-22-27(21)45(2)44-30(22)40)26(41-19)24(13-16-11-17(33)14-18(34)12-16)42-25(47)15-46-29-23(9-10-31(29,35)36)28(43-46)32(37,38)39/h3-8,11-12,14,24H,1,9-10,13,15H2,2H3,(H2,40,44)(H,42,47)/t24-/m0/s1. The molecule has 1 atom stereocenters. The number of benzene rings is 2. The van der Waals surface area contributed by atoms with Gasteiger partial charge in [0, 0.05) is 41.6 Å². The number of pyridine rings is 1. The van der Waals surface area contributed by atoms with Crippen molar-refractivity contribution in [2.45, 2.75) is 43.9 Å². The maximum atomic E-state index is 14.8. The van der Waals surface area contributed by atoms with E-state index in [2.05, 4.69) is 27.1 Å². The molecular weight excluding hydrogens is 631 g/mol. The second kappa shape index (κ2) is 11.5. The van der Waals surface area contributed by atoms with Crippen LogP contribution in [-0.2, 0) is 43.3 Å². The number of halogens is 7. The molecule has 3 heterocycles. The van der Waals surface area contributed by atoms with Gasteiger partial charge in [0.05, 0.1) is 22.9 Å². The first-order valence-electron chi connectivity index (χ1n) is 14.3. The molecule has 5 aromatic rings. The Balaban J connectivity index is 1.46. The molecule has 244 valence electrons. The monoisotopic (exact) mass is 657 g/mol. The fourth-order valence-corrected chi connectivity index (χ4v) is 6.12. The molecule has 0 fully saturated rings. The van der Waals surface area contributed by atoms with E-state index >= 15 is 0 Å². The van der Waals surface area contributed by atoms with Gasteiger partial charge in [0.1, 0.15) is 23.9 Å². The third-order valence-electron chi connectivity index (χ3n) is 8.01. The minimum Gasteiger partial charge on any atom is -0.382 e. The van der Waals surface area contributed by atoms with E-state index in [9.17, 15) is 35.5 Å². The maximum absolute atomic E-state index is 14.8. The Morgan fingerprint density at radius 3 is 2.51 bits per heavy atom. The van der Waals surface area contributed by atoms with E-state index in [0.29, 0.717) is 38.5 Å². The molecule has 0 bridgehead atoms. The van der Waals surface area contributed by atoms with Gasteiger partial charge in [0.2, 0.25) is 5.91 Å². The van der Waals surface area contributed by atoms with Gasteiger partial charge in [-0.1, -0.05) is 24.8 Å². The van der Waals surface area contributed by atoms with Gasteiger partial charge in [-0.2, -0.15) is 32.1 Å². The van der Waals surface area contributed by atoms with Crippen LogP contribution >= 0.6 is 0 Å². The topological polar surface area (TPSA) is 104 Å². The van der Waals surface area contributed by atoms with Gasteiger partial charge in [-0.3, -0.25) is 19.1 Å². The number of para-hydroxylation sites is 1. The van der Waals surface area contributed by atoms with Crippen molar-refractivity contribution in [3.63, 3.8) is 0 Å². The first kappa shape index (κ1) is 31.8. The van der Waals surface area contributed by atoms with Crippen LogP contribution in [0.2, 0.25) is 0 Å². The number of anilines is 1. The highest BCUT2D eigenvalue weighted by atomic mass is 19.4. The quantitative estimate of drug-likeness (QED) is 0.186. The zero-order valence-corrected chi connectivity index (χ0v) is 24.7. The molecule has 3 N–H and O–H groups in total. The van der Waals surface area contributed by atoms with E-state index in [0.717, 1.165) is 12.1 Å². The van der Waals surface area contributed by atoms with Crippen molar-refractivity contribution in [1.29, 1.82) is 0 Å². The van der Waals surface area contributed by atoms with E-state index in [-0.39, 0.29) is 23.5 Å². The van der Waals surface area contributed by atoms with E-state index in [1.165, 1.54) is 6.08 Å². The summed E-state index contributed by atoms with van der Waals surface area (Å²) in [5, 5.41) is 10.9. The third-order valence-corrected chi connectivity index (χ3v) is 8.01. The molecule has 47 heavy (non-hydrogen) atoms. The minimum atomic E-state index is -5.02. The van der Waals surface area contributed by atoms with E-state index < -0.39 is 72.0 Å². The number of carbonyl (C=O) groups is 1. The first-order valence-corrected chi connectivity index (χ1v) is 14.3. The second-order valence-corrected chi connectivity index (χ2v) is 11.2. The first-order chi connectivity index (χ1) is 22.2. The number of fused-ring (bicyclic) bond motifs is 2. The Morgan fingerprint density at radius 1 is 1.11 bits per heavy atom. The lowest BCUT2D eigenvalue weighted by molar-refractivity contribution is -0.142. The molecule has 3 aromatic heterocycles. The Kier molecular flexibility index (Phi) is 7.80. The zero-order chi connectivity index (χ0) is 33.8. The van der Waals surface area contributed by atoms with Crippen molar-refractivity contribution in [2.75, 3.05) is 5.73 Å². The molecule has 8 nitrogen and oxygen atoms in total. The van der Waals surface area contributed by atoms with Gasteiger partial charge in [-0.15, -0.1) is 0 Å². The van der Waals surface area contributed by atoms with E-state index in [1.807, 2.05) is 0 Å². The average molecular weight is 658 g/mol. The van der Waals surface area contributed by atoms with Gasteiger partial charge in [0.15, 0.2) is 11.5 Å². The molecule has 0 saturated heterocycles. The van der Waals surface area contributed by atoms with Gasteiger partial charge < -0.3 is 11.1 Å². The molecule has 2 aromatic carbocycles. The van der Waals surface area contributed by atoms with Crippen molar-refractivity contribution >= 4 is 28.7 Å². The molecule has 6 rings (SSSR count). The predicted molar refractivity (Wildman–Crippen MR) is 159 cm³/mol. The summed E-state index contributed by atoms with van der Waals surface area (Å²) in [6.07, 6.45) is -5.24. The van der Waals surface area contributed by atoms with Crippen LogP contribution in [0.25, 0.3) is 28.1 Å². The van der Waals surface area contributed by atoms with Crippen LogP contribution in [-0.4, -0.2) is 30.5 Å². The van der Waals surface area contributed by atoms with E-state index in [4.69, 9.17) is 5.73 Å². The van der Waals surface area contributed by atoms with E-state index in [1.54, 1.807) is 42.1 Å². The second-order valence-electron chi connectivity index (χ2n) is 11.2. The number of nitrogens with zero attached hydrogens (tertiary/aromatic N) is 5. The van der Waals surface area contributed by atoms with Crippen LogP contribution in [0.3, 0.4) is 0 Å².